The third kappa shape index (κ3) is 3.10. The first-order chi connectivity index (χ1) is 12.5. The van der Waals surface area contributed by atoms with Gasteiger partial charge in [0, 0.05) is 36.6 Å². The van der Waals surface area contributed by atoms with E-state index in [9.17, 15) is 4.39 Å². The molecule has 0 bridgehead atoms. The quantitative estimate of drug-likeness (QED) is 0.546. The fourth-order valence-corrected chi connectivity index (χ4v) is 3.75. The van der Waals surface area contributed by atoms with Crippen LogP contribution in [0.1, 0.15) is 22.9 Å². The van der Waals surface area contributed by atoms with Crippen molar-refractivity contribution in [1.29, 1.82) is 0 Å². The minimum atomic E-state index is -0.258. The van der Waals surface area contributed by atoms with Gasteiger partial charge in [-0.05, 0) is 38.0 Å². The largest absolute Gasteiger partial charge is 0.337 e. The standard InChI is InChI=1S/C19H18FN5S/c1-11-8-13(20)9-14-15(22-12(2)23-18(11)14)4-5-17-24-16(10-25(17)3)19-21-6-7-26-19/h6-10H,4-5H2,1-3H3. The highest BCUT2D eigenvalue weighted by molar-refractivity contribution is 7.13. The van der Waals surface area contributed by atoms with Crippen LogP contribution in [0, 0.1) is 19.7 Å². The molecule has 5 nitrogen and oxygen atoms in total. The van der Waals surface area contributed by atoms with E-state index in [1.807, 2.05) is 37.0 Å². The average Bonchev–Trinajstić information content (AvgIpc) is 3.23. The molecule has 0 radical (unpaired) electrons. The lowest BCUT2D eigenvalue weighted by atomic mass is 10.1. The second kappa shape index (κ2) is 6.57. The Labute approximate surface area is 154 Å². The zero-order valence-corrected chi connectivity index (χ0v) is 15.6. The van der Waals surface area contributed by atoms with Crippen molar-refractivity contribution >= 4 is 22.2 Å². The number of thiazole rings is 1. The van der Waals surface area contributed by atoms with E-state index in [0.29, 0.717) is 18.7 Å². The molecule has 0 N–H and O–H groups in total. The Morgan fingerprint density at radius 3 is 2.73 bits per heavy atom. The molecule has 0 aliphatic heterocycles. The minimum Gasteiger partial charge on any atom is -0.337 e. The van der Waals surface area contributed by atoms with Crippen molar-refractivity contribution in [2.75, 3.05) is 0 Å². The number of hydrogen-bond donors (Lipinski definition) is 0. The van der Waals surface area contributed by atoms with Crippen LogP contribution < -0.4 is 0 Å². The number of fused-ring (bicyclic) bond motifs is 1. The summed E-state index contributed by atoms with van der Waals surface area (Å²) in [5.74, 6) is 1.39. The molecule has 4 aromatic rings. The van der Waals surface area contributed by atoms with Gasteiger partial charge >= 0.3 is 0 Å². The smallest absolute Gasteiger partial charge is 0.143 e. The van der Waals surface area contributed by atoms with Crippen LogP contribution in [0.4, 0.5) is 4.39 Å². The molecular formula is C19H18FN5S. The molecule has 3 heterocycles. The van der Waals surface area contributed by atoms with E-state index in [-0.39, 0.29) is 5.82 Å². The highest BCUT2D eigenvalue weighted by Gasteiger charge is 2.13. The number of benzene rings is 1. The Morgan fingerprint density at radius 1 is 1.12 bits per heavy atom. The third-order valence-corrected chi connectivity index (χ3v) is 5.15. The van der Waals surface area contributed by atoms with Gasteiger partial charge in [-0.25, -0.2) is 24.3 Å². The average molecular weight is 367 g/mol. The van der Waals surface area contributed by atoms with Crippen LogP contribution in [-0.4, -0.2) is 24.5 Å². The molecule has 26 heavy (non-hydrogen) atoms. The predicted octanol–water partition coefficient (Wildman–Crippen LogP) is 4.03. The van der Waals surface area contributed by atoms with Gasteiger partial charge in [0.2, 0.25) is 0 Å². The van der Waals surface area contributed by atoms with Gasteiger partial charge in [0.1, 0.15) is 28.2 Å². The van der Waals surface area contributed by atoms with Crippen molar-refractivity contribution in [3.8, 4) is 10.7 Å². The number of hydrogen-bond acceptors (Lipinski definition) is 5. The van der Waals surface area contributed by atoms with Crippen LogP contribution in [0.15, 0.2) is 29.9 Å². The molecule has 0 aliphatic rings. The van der Waals surface area contributed by atoms with E-state index in [2.05, 4.69) is 15.0 Å². The minimum absolute atomic E-state index is 0.258. The van der Waals surface area contributed by atoms with E-state index < -0.39 is 0 Å². The molecule has 3 aromatic heterocycles. The summed E-state index contributed by atoms with van der Waals surface area (Å²) in [5, 5.41) is 3.63. The second-order valence-corrected chi connectivity index (χ2v) is 7.22. The molecule has 0 aliphatic carbocycles. The monoisotopic (exact) mass is 367 g/mol. The number of aryl methyl sites for hydroxylation is 5. The lowest BCUT2D eigenvalue weighted by molar-refractivity contribution is 0.628. The van der Waals surface area contributed by atoms with Gasteiger partial charge in [-0.3, -0.25) is 0 Å². The van der Waals surface area contributed by atoms with E-state index in [1.54, 1.807) is 17.5 Å². The van der Waals surface area contributed by atoms with Crippen molar-refractivity contribution in [1.82, 2.24) is 24.5 Å². The molecule has 1 aromatic carbocycles. The predicted molar refractivity (Wildman–Crippen MR) is 101 cm³/mol. The van der Waals surface area contributed by atoms with Crippen LogP contribution >= 0.6 is 11.3 Å². The van der Waals surface area contributed by atoms with Crippen molar-refractivity contribution in [3.63, 3.8) is 0 Å². The van der Waals surface area contributed by atoms with Gasteiger partial charge in [0.05, 0.1) is 11.2 Å². The van der Waals surface area contributed by atoms with Crippen molar-refractivity contribution in [2.24, 2.45) is 7.05 Å². The Hall–Kier alpha value is -2.67. The molecule has 0 fully saturated rings. The molecular weight excluding hydrogens is 349 g/mol. The summed E-state index contributed by atoms with van der Waals surface area (Å²) in [6.45, 7) is 3.74. The van der Waals surface area contributed by atoms with Crippen LogP contribution in [0.5, 0.6) is 0 Å². The summed E-state index contributed by atoms with van der Waals surface area (Å²) in [4.78, 5) is 18.1. The number of halogens is 1. The Kier molecular flexibility index (Phi) is 4.24. The van der Waals surface area contributed by atoms with E-state index >= 15 is 0 Å². The van der Waals surface area contributed by atoms with Gasteiger partial charge in [-0.2, -0.15) is 0 Å². The van der Waals surface area contributed by atoms with Gasteiger partial charge in [-0.15, -0.1) is 11.3 Å². The van der Waals surface area contributed by atoms with Crippen LogP contribution in [0.2, 0.25) is 0 Å². The van der Waals surface area contributed by atoms with Gasteiger partial charge < -0.3 is 4.57 Å². The normalized spacial score (nSPS) is 11.4. The van der Waals surface area contributed by atoms with Crippen molar-refractivity contribution in [2.45, 2.75) is 26.7 Å². The number of rotatable bonds is 4. The summed E-state index contributed by atoms with van der Waals surface area (Å²) < 4.78 is 15.9. The maximum Gasteiger partial charge on any atom is 0.143 e. The molecule has 132 valence electrons. The van der Waals surface area contributed by atoms with Crippen molar-refractivity contribution < 1.29 is 4.39 Å². The first-order valence-corrected chi connectivity index (χ1v) is 9.24. The molecule has 0 spiro atoms. The summed E-state index contributed by atoms with van der Waals surface area (Å²) in [6, 6.07) is 3.04. The first kappa shape index (κ1) is 16.8. The first-order valence-electron chi connectivity index (χ1n) is 8.37. The fourth-order valence-electron chi connectivity index (χ4n) is 3.16. The van der Waals surface area contributed by atoms with Crippen LogP contribution in [0.25, 0.3) is 21.6 Å². The molecule has 4 rings (SSSR count). The molecule has 0 saturated heterocycles. The Morgan fingerprint density at radius 2 is 1.96 bits per heavy atom. The fraction of sp³-hybridized carbons (Fsp3) is 0.263. The molecule has 0 atom stereocenters. The van der Waals surface area contributed by atoms with Crippen LogP contribution in [-0.2, 0) is 19.9 Å². The summed E-state index contributed by atoms with van der Waals surface area (Å²) in [5.41, 5.74) is 3.38. The SMILES string of the molecule is Cc1nc(CCc2nc(-c3nccs3)cn2C)c2cc(F)cc(C)c2n1. The number of nitrogens with zero attached hydrogens (tertiary/aromatic N) is 5. The lowest BCUT2D eigenvalue weighted by Crippen LogP contribution is -2.04. The highest BCUT2D eigenvalue weighted by Crippen LogP contribution is 2.24. The second-order valence-electron chi connectivity index (χ2n) is 6.33. The highest BCUT2D eigenvalue weighted by atomic mass is 32.1. The molecule has 0 amide bonds. The maximum absolute atomic E-state index is 13.9. The Balaban J connectivity index is 1.66. The maximum atomic E-state index is 13.9. The zero-order valence-electron chi connectivity index (χ0n) is 14.8. The zero-order chi connectivity index (χ0) is 18.3. The number of aromatic nitrogens is 5. The van der Waals surface area contributed by atoms with E-state index in [1.165, 1.54) is 12.1 Å². The third-order valence-electron chi connectivity index (χ3n) is 4.36. The van der Waals surface area contributed by atoms with Crippen molar-refractivity contribution in [3.05, 3.63) is 58.6 Å². The van der Waals surface area contributed by atoms with Gasteiger partial charge in [-0.1, -0.05) is 0 Å². The van der Waals surface area contributed by atoms with E-state index in [4.69, 9.17) is 4.98 Å². The topological polar surface area (TPSA) is 56.5 Å². The van der Waals surface area contributed by atoms with Crippen LogP contribution in [0.3, 0.4) is 0 Å². The lowest BCUT2D eigenvalue weighted by Gasteiger charge is -2.09. The summed E-state index contributed by atoms with van der Waals surface area (Å²) >= 11 is 1.57. The van der Waals surface area contributed by atoms with Gasteiger partial charge in [0.15, 0.2) is 0 Å². The summed E-state index contributed by atoms with van der Waals surface area (Å²) in [7, 11) is 1.98. The molecule has 0 unspecified atom stereocenters. The Bertz CT molecular complexity index is 1090. The van der Waals surface area contributed by atoms with E-state index in [0.717, 1.165) is 38.7 Å². The van der Waals surface area contributed by atoms with Gasteiger partial charge in [0.25, 0.3) is 0 Å². The number of imidazole rings is 1. The molecule has 7 heteroatoms. The molecule has 0 saturated carbocycles. The summed E-state index contributed by atoms with van der Waals surface area (Å²) in [6.07, 6.45) is 5.15.